The summed E-state index contributed by atoms with van der Waals surface area (Å²) >= 11 is 4.39. The molecule has 9 heteroatoms. The van der Waals surface area contributed by atoms with Gasteiger partial charge in [0.25, 0.3) is 0 Å². The molecule has 1 atom stereocenters. The molecule has 0 bridgehead atoms. The Morgan fingerprint density at radius 3 is 2.38 bits per heavy atom. The molecule has 0 spiro atoms. The van der Waals surface area contributed by atoms with Gasteiger partial charge in [-0.05, 0) is 30.3 Å². The van der Waals surface area contributed by atoms with Gasteiger partial charge in [-0.2, -0.15) is 0 Å². The second-order valence-electron chi connectivity index (χ2n) is 6.10. The Morgan fingerprint density at radius 1 is 1.17 bits per heavy atom. The quantitative estimate of drug-likeness (QED) is 0.470. The number of phenols is 1. The maximum atomic E-state index is 13.9. The van der Waals surface area contributed by atoms with Gasteiger partial charge in [-0.1, -0.05) is 40.2 Å². The highest BCUT2D eigenvalue weighted by atomic mass is 79.9. The summed E-state index contributed by atoms with van der Waals surface area (Å²) in [5.41, 5.74) is 0.588. The molecule has 3 rings (SSSR count). The number of hydrogen-bond acceptors (Lipinski definition) is 5. The predicted octanol–water partition coefficient (Wildman–Crippen LogP) is 4.99. The molecule has 0 saturated heterocycles. The fraction of sp³-hybridized carbons (Fsp3) is 0.150. The van der Waals surface area contributed by atoms with Gasteiger partial charge in [0.2, 0.25) is 0 Å². The summed E-state index contributed by atoms with van der Waals surface area (Å²) in [7, 11) is 0.210. The first-order valence-electron chi connectivity index (χ1n) is 8.52. The number of carboxylic acids is 1. The van der Waals surface area contributed by atoms with Gasteiger partial charge in [0.1, 0.15) is 5.75 Å². The van der Waals surface area contributed by atoms with Crippen LogP contribution in [0.5, 0.6) is 5.75 Å². The molecule has 0 radical (unpaired) electrons. The van der Waals surface area contributed by atoms with E-state index >= 15 is 0 Å². The topological polar surface area (TPSA) is 90.2 Å². The Hall–Kier alpha value is -2.23. The number of halogens is 1. The number of benzene rings is 3. The van der Waals surface area contributed by atoms with Crippen molar-refractivity contribution in [2.75, 3.05) is 24.2 Å². The molecule has 0 saturated carbocycles. The molecular formula is C20H19BrN2O4S2. The number of aliphatic carboxylic acids is 1. The predicted molar refractivity (Wildman–Crippen MR) is 121 cm³/mol. The molecule has 0 aliphatic heterocycles. The van der Waals surface area contributed by atoms with Crippen LogP contribution in [-0.4, -0.2) is 40.2 Å². The lowest BCUT2D eigenvalue weighted by Gasteiger charge is -2.26. The minimum absolute atomic E-state index is 0.00702. The van der Waals surface area contributed by atoms with E-state index in [1.165, 1.54) is 7.05 Å². The molecule has 0 amide bonds. The Morgan fingerprint density at radius 2 is 1.79 bits per heavy atom. The lowest BCUT2D eigenvalue weighted by Crippen LogP contribution is -2.26. The minimum Gasteiger partial charge on any atom is -0.506 e. The summed E-state index contributed by atoms with van der Waals surface area (Å²) in [5, 5.41) is 20.9. The van der Waals surface area contributed by atoms with E-state index in [1.54, 1.807) is 53.8 Å². The van der Waals surface area contributed by atoms with Crippen molar-refractivity contribution in [3.63, 3.8) is 0 Å². The average Bonchev–Trinajstić information content (AvgIpc) is 2.72. The van der Waals surface area contributed by atoms with Crippen LogP contribution in [-0.2, 0) is 14.7 Å². The fourth-order valence-corrected chi connectivity index (χ4v) is 5.62. The molecular weight excluding hydrogens is 476 g/mol. The number of nitrogens with zero attached hydrogens (tertiary/aromatic N) is 2. The highest BCUT2D eigenvalue weighted by Crippen LogP contribution is 2.42. The smallest absolute Gasteiger partial charge is 0.313 e. The molecule has 3 aromatic carbocycles. The molecule has 0 aliphatic rings. The summed E-state index contributed by atoms with van der Waals surface area (Å²) in [5.74, 6) is -1.18. The van der Waals surface area contributed by atoms with E-state index in [2.05, 4.69) is 20.3 Å². The van der Waals surface area contributed by atoms with Gasteiger partial charge in [-0.3, -0.25) is 9.10 Å². The molecule has 29 heavy (non-hydrogen) atoms. The van der Waals surface area contributed by atoms with Gasteiger partial charge >= 0.3 is 5.97 Å². The summed E-state index contributed by atoms with van der Waals surface area (Å²) in [6.45, 7) is 0. The molecule has 152 valence electrons. The first kappa shape index (κ1) is 21.5. The molecule has 3 aromatic rings. The van der Waals surface area contributed by atoms with Crippen molar-refractivity contribution in [2.45, 2.75) is 9.79 Å². The number of anilines is 1. The van der Waals surface area contributed by atoms with Gasteiger partial charge in [0.15, 0.2) is 9.92 Å². The number of rotatable bonds is 6. The maximum absolute atomic E-state index is 13.9. The largest absolute Gasteiger partial charge is 0.506 e. The summed E-state index contributed by atoms with van der Waals surface area (Å²) in [6.07, 6.45) is 0. The zero-order chi connectivity index (χ0) is 21.2. The van der Waals surface area contributed by atoms with Gasteiger partial charge in [-0.15, -0.1) is 11.8 Å². The van der Waals surface area contributed by atoms with Crippen LogP contribution in [0, 0.1) is 0 Å². The van der Waals surface area contributed by atoms with E-state index in [9.17, 15) is 14.1 Å². The summed E-state index contributed by atoms with van der Waals surface area (Å²) in [4.78, 5) is 12.0. The molecule has 0 heterocycles. The van der Waals surface area contributed by atoms with Gasteiger partial charge in [-0.25, -0.2) is 8.57 Å². The third-order valence-corrected chi connectivity index (χ3v) is 8.25. The van der Waals surface area contributed by atoms with Crippen molar-refractivity contribution in [2.24, 2.45) is 4.36 Å². The molecule has 1 unspecified atom stereocenters. The van der Waals surface area contributed by atoms with Crippen LogP contribution < -0.4 is 4.31 Å². The fourth-order valence-electron chi connectivity index (χ4n) is 2.96. The summed E-state index contributed by atoms with van der Waals surface area (Å²) in [6, 6.07) is 15.9. The zero-order valence-electron chi connectivity index (χ0n) is 15.7. The van der Waals surface area contributed by atoms with Gasteiger partial charge in [0, 0.05) is 29.3 Å². The Labute approximate surface area is 182 Å². The second-order valence-corrected chi connectivity index (χ2v) is 10.4. The highest BCUT2D eigenvalue weighted by molar-refractivity contribution is 9.10. The standard InChI is InChI=1S/C20H19BrN2O4S2/c1-22-29(27,14-9-7-13(21)8-10-14)23(2)17-11-18(28-12-19(24)25)20(26)16-6-4-3-5-15(16)17/h3-11,26H,12H2,1-2H3,(H,24,25). The molecule has 0 fully saturated rings. The number of carbonyl (C=O) groups is 1. The van der Waals surface area contributed by atoms with Crippen LogP contribution in [0.25, 0.3) is 10.8 Å². The Bertz CT molecular complexity index is 1190. The van der Waals surface area contributed by atoms with E-state index in [-0.39, 0.29) is 11.5 Å². The van der Waals surface area contributed by atoms with Crippen molar-refractivity contribution in [1.82, 2.24) is 0 Å². The first-order chi connectivity index (χ1) is 13.8. The molecule has 6 nitrogen and oxygen atoms in total. The van der Waals surface area contributed by atoms with E-state index in [1.807, 2.05) is 12.1 Å². The zero-order valence-corrected chi connectivity index (χ0v) is 18.9. The first-order valence-corrected chi connectivity index (χ1v) is 11.8. The maximum Gasteiger partial charge on any atom is 0.313 e. The van der Waals surface area contributed by atoms with Crippen molar-refractivity contribution in [3.05, 3.63) is 59.1 Å². The van der Waals surface area contributed by atoms with Crippen LogP contribution >= 0.6 is 27.7 Å². The Kier molecular flexibility index (Phi) is 6.40. The minimum atomic E-state index is -2.98. The number of fused-ring (bicyclic) bond motifs is 1. The van der Waals surface area contributed by atoms with Gasteiger partial charge in [0.05, 0.1) is 21.2 Å². The third kappa shape index (κ3) is 4.22. The number of carboxylic acid groups (broad SMARTS) is 1. The van der Waals surface area contributed by atoms with E-state index in [0.29, 0.717) is 26.3 Å². The normalized spacial score (nSPS) is 13.1. The number of hydrogen-bond donors (Lipinski definition) is 2. The SMILES string of the molecule is CN=S(=O)(c1ccc(Br)cc1)N(C)c1cc(SCC(=O)O)c(O)c2ccccc12. The van der Waals surface area contributed by atoms with Crippen LogP contribution in [0.2, 0.25) is 0 Å². The van der Waals surface area contributed by atoms with E-state index in [4.69, 9.17) is 5.11 Å². The molecule has 0 aromatic heterocycles. The number of thioether (sulfide) groups is 1. The monoisotopic (exact) mass is 494 g/mol. The van der Waals surface area contributed by atoms with Crippen molar-refractivity contribution in [1.29, 1.82) is 0 Å². The van der Waals surface area contributed by atoms with Crippen LogP contribution in [0.4, 0.5) is 5.69 Å². The van der Waals surface area contributed by atoms with E-state index < -0.39 is 15.9 Å². The average molecular weight is 495 g/mol. The van der Waals surface area contributed by atoms with Gasteiger partial charge < -0.3 is 10.2 Å². The lowest BCUT2D eigenvalue weighted by molar-refractivity contribution is -0.133. The Balaban J connectivity index is 2.21. The number of aromatic hydroxyl groups is 1. The number of phenolic OH excluding ortho intramolecular Hbond substituents is 1. The molecule has 0 aliphatic carbocycles. The lowest BCUT2D eigenvalue weighted by atomic mass is 10.1. The third-order valence-electron chi connectivity index (χ3n) is 4.39. The van der Waals surface area contributed by atoms with Crippen molar-refractivity contribution in [3.8, 4) is 5.75 Å². The van der Waals surface area contributed by atoms with Crippen LogP contribution in [0.3, 0.4) is 0 Å². The highest BCUT2D eigenvalue weighted by Gasteiger charge is 2.23. The van der Waals surface area contributed by atoms with Crippen molar-refractivity contribution >= 4 is 60.0 Å². The van der Waals surface area contributed by atoms with Crippen molar-refractivity contribution < 1.29 is 19.2 Å². The van der Waals surface area contributed by atoms with Crippen LogP contribution in [0.15, 0.2) is 73.2 Å². The summed E-state index contributed by atoms with van der Waals surface area (Å²) < 4.78 is 20.5. The van der Waals surface area contributed by atoms with Crippen LogP contribution in [0.1, 0.15) is 0 Å². The second kappa shape index (κ2) is 8.64. The van der Waals surface area contributed by atoms with E-state index in [0.717, 1.165) is 16.2 Å². The molecule has 2 N–H and O–H groups in total.